The molecule has 12 heavy (non-hydrogen) atoms. The Balaban J connectivity index is 3.53. The monoisotopic (exact) mass is 189 g/mol. The van der Waals surface area contributed by atoms with Crippen molar-refractivity contribution in [1.82, 2.24) is 4.90 Å². The Morgan fingerprint density at radius 2 is 1.92 bits per heavy atom. The van der Waals surface area contributed by atoms with Crippen molar-refractivity contribution in [2.24, 2.45) is 5.92 Å². The molecule has 2 heteroatoms. The molecule has 0 aliphatic rings. The summed E-state index contributed by atoms with van der Waals surface area (Å²) in [4.78, 5) is 2.41. The van der Waals surface area contributed by atoms with E-state index in [0.29, 0.717) is 0 Å². The fraction of sp³-hybridized carbons (Fsp3) is 1.00. The van der Waals surface area contributed by atoms with Crippen LogP contribution in [0.25, 0.3) is 0 Å². The lowest BCUT2D eigenvalue weighted by molar-refractivity contribution is 0.281. The molecule has 0 rings (SSSR count). The van der Waals surface area contributed by atoms with Crippen LogP contribution < -0.4 is 0 Å². The first kappa shape index (κ1) is 12.3. The van der Waals surface area contributed by atoms with Crippen molar-refractivity contribution in [2.75, 3.05) is 25.9 Å². The van der Waals surface area contributed by atoms with Crippen LogP contribution in [0.5, 0.6) is 0 Å². The quantitative estimate of drug-likeness (QED) is 0.603. The van der Waals surface area contributed by atoms with E-state index in [0.717, 1.165) is 11.7 Å². The van der Waals surface area contributed by atoms with E-state index >= 15 is 0 Å². The minimum atomic E-state index is 0.787. The van der Waals surface area contributed by atoms with Crippen molar-refractivity contribution in [1.29, 1.82) is 0 Å². The second kappa shape index (κ2) is 7.93. The molecule has 0 aliphatic heterocycles. The van der Waals surface area contributed by atoms with Crippen molar-refractivity contribution in [3.8, 4) is 0 Å². The van der Waals surface area contributed by atoms with Crippen LogP contribution in [0, 0.1) is 5.92 Å². The van der Waals surface area contributed by atoms with Gasteiger partial charge in [-0.1, -0.05) is 20.3 Å². The van der Waals surface area contributed by atoms with Crippen molar-refractivity contribution >= 4 is 12.6 Å². The second-order valence-electron chi connectivity index (χ2n) is 3.60. The van der Waals surface area contributed by atoms with E-state index in [1.54, 1.807) is 0 Å². The van der Waals surface area contributed by atoms with Gasteiger partial charge >= 0.3 is 0 Å². The van der Waals surface area contributed by atoms with E-state index in [4.69, 9.17) is 0 Å². The Labute approximate surface area is 82.9 Å². The number of rotatable bonds is 7. The van der Waals surface area contributed by atoms with Gasteiger partial charge in [0.15, 0.2) is 0 Å². The van der Waals surface area contributed by atoms with Gasteiger partial charge in [0.25, 0.3) is 0 Å². The number of hydrogen-bond donors (Lipinski definition) is 1. The number of thiol groups is 1. The lowest BCUT2D eigenvalue weighted by Crippen LogP contribution is -2.27. The highest BCUT2D eigenvalue weighted by Gasteiger charge is 2.07. The molecule has 0 fully saturated rings. The SMILES string of the molecule is CCCC(CS)CN(C)CCC. The Kier molecular flexibility index (Phi) is 8.14. The lowest BCUT2D eigenvalue weighted by Gasteiger charge is -2.21. The predicted molar refractivity (Wildman–Crippen MR) is 60.0 cm³/mol. The summed E-state index contributed by atoms with van der Waals surface area (Å²) < 4.78 is 0. The van der Waals surface area contributed by atoms with E-state index in [1.165, 1.54) is 32.4 Å². The Morgan fingerprint density at radius 1 is 1.25 bits per heavy atom. The van der Waals surface area contributed by atoms with Crippen molar-refractivity contribution in [3.63, 3.8) is 0 Å². The van der Waals surface area contributed by atoms with Crippen LogP contribution in [-0.2, 0) is 0 Å². The summed E-state index contributed by atoms with van der Waals surface area (Å²) in [5.41, 5.74) is 0. The molecule has 0 saturated carbocycles. The average molecular weight is 189 g/mol. The maximum Gasteiger partial charge on any atom is 0.00144 e. The Bertz CT molecular complexity index is 95.8. The number of hydrogen-bond acceptors (Lipinski definition) is 2. The molecular weight excluding hydrogens is 166 g/mol. The summed E-state index contributed by atoms with van der Waals surface area (Å²) in [6.45, 7) is 6.90. The van der Waals surface area contributed by atoms with Crippen molar-refractivity contribution < 1.29 is 0 Å². The molecule has 0 bridgehead atoms. The van der Waals surface area contributed by atoms with Crippen LogP contribution in [0.3, 0.4) is 0 Å². The van der Waals surface area contributed by atoms with Crippen LogP contribution in [-0.4, -0.2) is 30.8 Å². The lowest BCUT2D eigenvalue weighted by atomic mass is 10.1. The molecule has 1 unspecified atom stereocenters. The van der Waals surface area contributed by atoms with E-state index in [2.05, 4.69) is 38.4 Å². The molecule has 74 valence electrons. The van der Waals surface area contributed by atoms with E-state index in [9.17, 15) is 0 Å². The molecule has 0 aromatic carbocycles. The minimum Gasteiger partial charge on any atom is -0.306 e. The van der Waals surface area contributed by atoms with Crippen LogP contribution in [0.1, 0.15) is 33.1 Å². The fourth-order valence-corrected chi connectivity index (χ4v) is 1.86. The van der Waals surface area contributed by atoms with Gasteiger partial charge in [-0.3, -0.25) is 0 Å². The summed E-state index contributed by atoms with van der Waals surface area (Å²) in [7, 11) is 2.20. The molecule has 0 aromatic rings. The van der Waals surface area contributed by atoms with Crippen molar-refractivity contribution in [3.05, 3.63) is 0 Å². The third kappa shape index (κ3) is 5.90. The molecular formula is C10H23NS. The Morgan fingerprint density at radius 3 is 2.33 bits per heavy atom. The first-order valence-electron chi connectivity index (χ1n) is 5.03. The maximum atomic E-state index is 4.37. The summed E-state index contributed by atoms with van der Waals surface area (Å²) in [6, 6.07) is 0. The molecule has 0 aromatic heterocycles. The van der Waals surface area contributed by atoms with Gasteiger partial charge in [-0.05, 0) is 38.1 Å². The third-order valence-corrected chi connectivity index (χ3v) is 2.65. The molecule has 0 spiro atoms. The van der Waals surface area contributed by atoms with E-state index in [1.807, 2.05) is 0 Å². The maximum absolute atomic E-state index is 4.37. The summed E-state index contributed by atoms with van der Waals surface area (Å²) in [5.74, 6) is 1.82. The van der Waals surface area contributed by atoms with Crippen LogP contribution in [0.15, 0.2) is 0 Å². The zero-order valence-electron chi connectivity index (χ0n) is 8.71. The zero-order chi connectivity index (χ0) is 9.40. The molecule has 1 atom stereocenters. The zero-order valence-corrected chi connectivity index (χ0v) is 9.61. The van der Waals surface area contributed by atoms with Crippen LogP contribution >= 0.6 is 12.6 Å². The molecule has 0 N–H and O–H groups in total. The first-order valence-corrected chi connectivity index (χ1v) is 5.67. The molecule has 0 heterocycles. The Hall–Kier alpha value is 0.310. The summed E-state index contributed by atoms with van der Waals surface area (Å²) in [6.07, 6.45) is 3.85. The van der Waals surface area contributed by atoms with E-state index in [-0.39, 0.29) is 0 Å². The third-order valence-electron chi connectivity index (χ3n) is 2.13. The second-order valence-corrected chi connectivity index (χ2v) is 3.96. The van der Waals surface area contributed by atoms with Crippen LogP contribution in [0.2, 0.25) is 0 Å². The van der Waals surface area contributed by atoms with Gasteiger partial charge in [0.05, 0.1) is 0 Å². The van der Waals surface area contributed by atoms with Gasteiger partial charge in [0.2, 0.25) is 0 Å². The van der Waals surface area contributed by atoms with E-state index < -0.39 is 0 Å². The molecule has 0 saturated heterocycles. The highest BCUT2D eigenvalue weighted by molar-refractivity contribution is 7.80. The van der Waals surface area contributed by atoms with Gasteiger partial charge < -0.3 is 4.90 Å². The fourth-order valence-electron chi connectivity index (χ4n) is 1.56. The minimum absolute atomic E-state index is 0.787. The highest BCUT2D eigenvalue weighted by atomic mass is 32.1. The summed E-state index contributed by atoms with van der Waals surface area (Å²) >= 11 is 4.37. The van der Waals surface area contributed by atoms with Gasteiger partial charge in [-0.25, -0.2) is 0 Å². The van der Waals surface area contributed by atoms with Gasteiger partial charge in [0.1, 0.15) is 0 Å². The average Bonchev–Trinajstić information content (AvgIpc) is 2.04. The molecule has 0 radical (unpaired) electrons. The normalized spacial score (nSPS) is 13.8. The molecule has 0 amide bonds. The highest BCUT2D eigenvalue weighted by Crippen LogP contribution is 2.09. The topological polar surface area (TPSA) is 3.24 Å². The predicted octanol–water partition coefficient (Wildman–Crippen LogP) is 2.67. The smallest absolute Gasteiger partial charge is 0.00144 e. The first-order chi connectivity index (χ1) is 5.74. The summed E-state index contributed by atoms with van der Waals surface area (Å²) in [5, 5.41) is 0. The van der Waals surface area contributed by atoms with Crippen LogP contribution in [0.4, 0.5) is 0 Å². The largest absolute Gasteiger partial charge is 0.306 e. The van der Waals surface area contributed by atoms with Gasteiger partial charge in [0, 0.05) is 6.54 Å². The van der Waals surface area contributed by atoms with Gasteiger partial charge in [-0.2, -0.15) is 12.6 Å². The standard InChI is InChI=1S/C10H23NS/c1-4-6-10(9-12)8-11(3)7-5-2/h10,12H,4-9H2,1-3H3. The van der Waals surface area contributed by atoms with Gasteiger partial charge in [-0.15, -0.1) is 0 Å². The number of nitrogens with zero attached hydrogens (tertiary/aromatic N) is 1. The molecule has 1 nitrogen and oxygen atoms in total. The molecule has 0 aliphatic carbocycles. The van der Waals surface area contributed by atoms with Crippen molar-refractivity contribution in [2.45, 2.75) is 33.1 Å².